The van der Waals surface area contributed by atoms with E-state index in [1.165, 1.54) is 10.4 Å². The molecule has 21 heavy (non-hydrogen) atoms. The molecule has 0 radical (unpaired) electrons. The lowest BCUT2D eigenvalue weighted by atomic mass is 10.1. The fourth-order valence-corrected chi connectivity index (χ4v) is 3.66. The predicted octanol–water partition coefficient (Wildman–Crippen LogP) is 1.25. The lowest BCUT2D eigenvalue weighted by Gasteiger charge is -2.25. The normalized spacial score (nSPS) is 16.8. The van der Waals surface area contributed by atoms with Crippen LogP contribution in [0.5, 0.6) is 0 Å². The van der Waals surface area contributed by atoms with E-state index in [-0.39, 0.29) is 12.1 Å². The lowest BCUT2D eigenvalue weighted by Crippen LogP contribution is -2.43. The van der Waals surface area contributed by atoms with E-state index in [0.29, 0.717) is 19.5 Å². The van der Waals surface area contributed by atoms with Crippen molar-refractivity contribution in [3.05, 3.63) is 35.4 Å². The van der Waals surface area contributed by atoms with Crippen LogP contribution in [0, 0.1) is 0 Å². The number of carboxylic acid groups (broad SMARTS) is 1. The summed E-state index contributed by atoms with van der Waals surface area (Å²) in [6.45, 7) is 1.41. The number of nitrogens with zero attached hydrogens (tertiary/aromatic N) is 1. The molecule has 1 fully saturated rings. The van der Waals surface area contributed by atoms with E-state index in [1.807, 2.05) is 0 Å². The van der Waals surface area contributed by atoms with Gasteiger partial charge in [0.15, 0.2) is 0 Å². The predicted molar refractivity (Wildman–Crippen MR) is 79.5 cm³/mol. The molecule has 1 aromatic rings. The Labute approximate surface area is 125 Å². The zero-order chi connectivity index (χ0) is 15.3. The molecule has 0 amide bonds. The molecule has 1 heterocycles. The first-order chi connectivity index (χ1) is 9.99. The average molecular weight is 312 g/mol. The number of hydrogen-bond acceptors (Lipinski definition) is 3. The van der Waals surface area contributed by atoms with Crippen molar-refractivity contribution >= 4 is 16.2 Å². The second kappa shape index (κ2) is 7.02. The van der Waals surface area contributed by atoms with Crippen molar-refractivity contribution in [1.82, 2.24) is 9.03 Å². The highest BCUT2D eigenvalue weighted by atomic mass is 32.2. The molecule has 1 saturated heterocycles. The maximum absolute atomic E-state index is 12.1. The molecule has 1 aliphatic heterocycles. The Hall–Kier alpha value is -1.44. The highest BCUT2D eigenvalue weighted by Crippen LogP contribution is 2.12. The summed E-state index contributed by atoms with van der Waals surface area (Å²) in [6, 6.07) is 6.54. The number of nitrogens with one attached hydrogen (secondary N) is 1. The summed E-state index contributed by atoms with van der Waals surface area (Å²) in [7, 11) is -3.41. The van der Waals surface area contributed by atoms with E-state index in [4.69, 9.17) is 5.11 Å². The Morgan fingerprint density at radius 3 is 2.62 bits per heavy atom. The van der Waals surface area contributed by atoms with E-state index in [1.54, 1.807) is 18.2 Å². The average Bonchev–Trinajstić information content (AvgIpc) is 2.48. The minimum absolute atomic E-state index is 0.214. The Morgan fingerprint density at radius 1 is 1.24 bits per heavy atom. The van der Waals surface area contributed by atoms with Gasteiger partial charge in [-0.3, -0.25) is 0 Å². The third-order valence-corrected chi connectivity index (χ3v) is 5.14. The molecule has 116 valence electrons. The Bertz CT molecular complexity index is 595. The summed E-state index contributed by atoms with van der Waals surface area (Å²) >= 11 is 0. The first kappa shape index (κ1) is 15.9. The second-order valence-corrected chi connectivity index (χ2v) is 6.87. The van der Waals surface area contributed by atoms with Crippen molar-refractivity contribution < 1.29 is 18.3 Å². The highest BCUT2D eigenvalue weighted by molar-refractivity contribution is 7.87. The third-order valence-electron chi connectivity index (χ3n) is 3.53. The molecule has 0 spiro atoms. The topological polar surface area (TPSA) is 86.7 Å². The molecule has 0 bridgehead atoms. The number of hydrogen-bond donors (Lipinski definition) is 2. The molecule has 6 nitrogen and oxygen atoms in total. The first-order valence-electron chi connectivity index (χ1n) is 7.06. The van der Waals surface area contributed by atoms with Gasteiger partial charge in [0.1, 0.15) is 0 Å². The van der Waals surface area contributed by atoms with Crippen LogP contribution in [0.2, 0.25) is 0 Å². The third kappa shape index (κ3) is 4.52. The van der Waals surface area contributed by atoms with Crippen LogP contribution in [0.25, 0.3) is 0 Å². The van der Waals surface area contributed by atoms with Crippen LogP contribution in [-0.2, 0) is 16.6 Å². The molecule has 0 aliphatic carbocycles. The van der Waals surface area contributed by atoms with Crippen molar-refractivity contribution in [3.8, 4) is 0 Å². The summed E-state index contributed by atoms with van der Waals surface area (Å²) in [5, 5.41) is 8.92. The van der Waals surface area contributed by atoms with E-state index in [9.17, 15) is 13.2 Å². The standard InChI is InChI=1S/C14H20N2O4S/c17-14(18)13-6-4-5-12(11-13)7-8-15-21(19,20)16-9-2-1-3-10-16/h4-6,11,15H,1-3,7-10H2,(H,17,18). The molecule has 0 aromatic heterocycles. The summed E-state index contributed by atoms with van der Waals surface area (Å²) in [5.74, 6) is -0.981. The van der Waals surface area contributed by atoms with Crippen LogP contribution < -0.4 is 4.72 Å². The molecular formula is C14H20N2O4S. The number of rotatable bonds is 6. The number of carbonyl (C=O) groups is 1. The van der Waals surface area contributed by atoms with E-state index < -0.39 is 16.2 Å². The molecule has 2 N–H and O–H groups in total. The SMILES string of the molecule is O=C(O)c1cccc(CCNS(=O)(=O)N2CCCCC2)c1. The largest absolute Gasteiger partial charge is 0.478 e. The van der Waals surface area contributed by atoms with Crippen molar-refractivity contribution in [1.29, 1.82) is 0 Å². The summed E-state index contributed by atoms with van der Waals surface area (Å²) in [5.41, 5.74) is 1.02. The van der Waals surface area contributed by atoms with Crippen LogP contribution in [-0.4, -0.2) is 43.4 Å². The van der Waals surface area contributed by atoms with Crippen LogP contribution >= 0.6 is 0 Å². The zero-order valence-corrected chi connectivity index (χ0v) is 12.6. The highest BCUT2D eigenvalue weighted by Gasteiger charge is 2.22. The maximum Gasteiger partial charge on any atom is 0.335 e. The van der Waals surface area contributed by atoms with Crippen LogP contribution in [0.15, 0.2) is 24.3 Å². The lowest BCUT2D eigenvalue weighted by molar-refractivity contribution is 0.0696. The van der Waals surface area contributed by atoms with Gasteiger partial charge in [-0.1, -0.05) is 18.6 Å². The summed E-state index contributed by atoms with van der Waals surface area (Å²) in [4.78, 5) is 10.9. The van der Waals surface area contributed by atoms with Gasteiger partial charge in [0.25, 0.3) is 10.2 Å². The van der Waals surface area contributed by atoms with Crippen molar-refractivity contribution in [2.45, 2.75) is 25.7 Å². The molecule has 1 aromatic carbocycles. The molecule has 0 atom stereocenters. The fourth-order valence-electron chi connectivity index (χ4n) is 2.38. The van der Waals surface area contributed by atoms with Crippen LogP contribution in [0.3, 0.4) is 0 Å². The van der Waals surface area contributed by atoms with Gasteiger partial charge in [0.2, 0.25) is 0 Å². The minimum Gasteiger partial charge on any atom is -0.478 e. The zero-order valence-electron chi connectivity index (χ0n) is 11.8. The van der Waals surface area contributed by atoms with Gasteiger partial charge in [-0.25, -0.2) is 9.52 Å². The van der Waals surface area contributed by atoms with Gasteiger partial charge in [0.05, 0.1) is 5.56 Å². The molecular weight excluding hydrogens is 292 g/mol. The number of carboxylic acids is 1. The summed E-state index contributed by atoms with van der Waals surface area (Å²) in [6.07, 6.45) is 3.35. The van der Waals surface area contributed by atoms with Crippen LogP contribution in [0.4, 0.5) is 0 Å². The molecule has 7 heteroatoms. The molecule has 1 aliphatic rings. The Balaban J connectivity index is 1.88. The molecule has 2 rings (SSSR count). The van der Waals surface area contributed by atoms with Gasteiger partial charge in [0, 0.05) is 19.6 Å². The minimum atomic E-state index is -3.41. The Kier molecular flexibility index (Phi) is 5.33. The Morgan fingerprint density at radius 2 is 1.95 bits per heavy atom. The second-order valence-electron chi connectivity index (χ2n) is 5.11. The van der Waals surface area contributed by atoms with Crippen molar-refractivity contribution in [2.24, 2.45) is 0 Å². The van der Waals surface area contributed by atoms with Crippen molar-refractivity contribution in [3.63, 3.8) is 0 Å². The van der Waals surface area contributed by atoms with Crippen LogP contribution in [0.1, 0.15) is 35.2 Å². The van der Waals surface area contributed by atoms with Gasteiger partial charge >= 0.3 is 5.97 Å². The number of benzene rings is 1. The smallest absolute Gasteiger partial charge is 0.335 e. The molecule has 0 saturated carbocycles. The van der Waals surface area contributed by atoms with E-state index in [2.05, 4.69) is 4.72 Å². The number of piperidine rings is 1. The van der Waals surface area contributed by atoms with Gasteiger partial charge in [-0.2, -0.15) is 12.7 Å². The first-order valence-corrected chi connectivity index (χ1v) is 8.50. The van der Waals surface area contributed by atoms with E-state index >= 15 is 0 Å². The fraction of sp³-hybridized carbons (Fsp3) is 0.500. The maximum atomic E-state index is 12.1. The van der Waals surface area contributed by atoms with Gasteiger partial charge in [-0.15, -0.1) is 0 Å². The monoisotopic (exact) mass is 312 g/mol. The summed E-state index contributed by atoms with van der Waals surface area (Å²) < 4.78 is 28.2. The van der Waals surface area contributed by atoms with Gasteiger partial charge < -0.3 is 5.11 Å². The number of aromatic carboxylic acids is 1. The van der Waals surface area contributed by atoms with Gasteiger partial charge in [-0.05, 0) is 37.0 Å². The quantitative estimate of drug-likeness (QED) is 0.827. The molecule has 0 unspecified atom stereocenters. The van der Waals surface area contributed by atoms with E-state index in [0.717, 1.165) is 24.8 Å². The van der Waals surface area contributed by atoms with Crippen molar-refractivity contribution in [2.75, 3.05) is 19.6 Å².